The first-order chi connectivity index (χ1) is 11.3. The van der Waals surface area contributed by atoms with E-state index in [-0.39, 0.29) is 53.1 Å². The number of benzene rings is 1. The number of rotatable bonds is 7. The highest BCUT2D eigenvalue weighted by molar-refractivity contribution is 7.90. The molecule has 0 saturated heterocycles. The monoisotopic (exact) mass is 408 g/mol. The fourth-order valence-electron chi connectivity index (χ4n) is 1.93. The van der Waals surface area contributed by atoms with E-state index in [0.717, 1.165) is 12.3 Å². The van der Waals surface area contributed by atoms with Gasteiger partial charge in [-0.05, 0) is 17.5 Å². The second-order valence-electron chi connectivity index (χ2n) is 6.77. The molecule has 9 nitrogen and oxygen atoms in total. The van der Waals surface area contributed by atoms with Crippen molar-refractivity contribution in [1.29, 1.82) is 0 Å². The average Bonchev–Trinajstić information content (AvgIpc) is 2.48. The maximum absolute atomic E-state index is 11.9. The quantitative estimate of drug-likeness (QED) is 0.350. The Kier molecular flexibility index (Phi) is 8.48. The summed E-state index contributed by atoms with van der Waals surface area (Å²) in [7, 11) is -3.54. The third kappa shape index (κ3) is 6.77. The summed E-state index contributed by atoms with van der Waals surface area (Å²) in [5, 5.41) is 16.6. The summed E-state index contributed by atoms with van der Waals surface area (Å²) < 4.78 is 23.0. The number of nitrogens with one attached hydrogen (secondary N) is 2. The molecule has 0 aliphatic carbocycles. The molecule has 1 amide bonds. The molecule has 4 N–H and O–H groups in total. The first-order valence-electron chi connectivity index (χ1n) is 7.59. The molecule has 1 rings (SSSR count). The molecule has 26 heavy (non-hydrogen) atoms. The summed E-state index contributed by atoms with van der Waals surface area (Å²) in [5.74, 6) is -0.309. The van der Waals surface area contributed by atoms with E-state index in [1.54, 1.807) is 0 Å². The van der Waals surface area contributed by atoms with Crippen molar-refractivity contribution in [2.45, 2.75) is 31.7 Å². The number of hydrogen-bond donors (Lipinski definition) is 3. The molecule has 0 bridgehead atoms. The minimum Gasteiger partial charge on any atom is -0.378 e. The zero-order valence-electron chi connectivity index (χ0n) is 15.1. The maximum atomic E-state index is 11.9. The van der Waals surface area contributed by atoms with E-state index in [4.69, 9.17) is 5.73 Å². The minimum absolute atomic E-state index is 0. The summed E-state index contributed by atoms with van der Waals surface area (Å²) in [5.41, 5.74) is 5.28. The maximum Gasteiger partial charge on any atom is 0.293 e. The second-order valence-corrected chi connectivity index (χ2v) is 8.79. The van der Waals surface area contributed by atoms with Crippen LogP contribution in [-0.4, -0.2) is 44.6 Å². The van der Waals surface area contributed by atoms with Gasteiger partial charge in [-0.2, -0.15) is 0 Å². The number of carbonyl (C=O) groups is 1. The molecular weight excluding hydrogens is 384 g/mol. The Balaban J connectivity index is 0.00000625. The van der Waals surface area contributed by atoms with E-state index >= 15 is 0 Å². The van der Waals surface area contributed by atoms with E-state index in [0.29, 0.717) is 0 Å². The van der Waals surface area contributed by atoms with Crippen LogP contribution in [0.3, 0.4) is 0 Å². The molecule has 1 aromatic rings. The SMILES string of the molecule is CC(C)(C)[C@H](N)C(=O)NCCNc1ccc(S(C)(=O)=O)cc1[N+](=O)[O-].Cl. The zero-order valence-corrected chi connectivity index (χ0v) is 16.7. The fourth-order valence-corrected chi connectivity index (χ4v) is 2.57. The van der Waals surface area contributed by atoms with Gasteiger partial charge in [0.15, 0.2) is 9.84 Å². The summed E-state index contributed by atoms with van der Waals surface area (Å²) in [6.45, 7) is 5.99. The van der Waals surface area contributed by atoms with Gasteiger partial charge >= 0.3 is 0 Å². The Morgan fingerprint density at radius 3 is 2.35 bits per heavy atom. The van der Waals surface area contributed by atoms with E-state index in [1.807, 2.05) is 20.8 Å². The number of nitro benzene ring substituents is 1. The average molecular weight is 409 g/mol. The lowest BCUT2D eigenvalue weighted by molar-refractivity contribution is -0.384. The highest BCUT2D eigenvalue weighted by Gasteiger charge is 2.27. The van der Waals surface area contributed by atoms with Gasteiger partial charge in [0.25, 0.3) is 5.69 Å². The number of sulfone groups is 1. The lowest BCUT2D eigenvalue weighted by Crippen LogP contribution is -2.49. The molecule has 0 aliphatic heterocycles. The molecule has 0 aromatic heterocycles. The second kappa shape index (κ2) is 9.15. The number of nitrogens with two attached hydrogens (primary N) is 1. The van der Waals surface area contributed by atoms with Gasteiger partial charge in [0, 0.05) is 25.4 Å². The molecule has 0 spiro atoms. The van der Waals surface area contributed by atoms with Crippen LogP contribution in [0, 0.1) is 15.5 Å². The smallest absolute Gasteiger partial charge is 0.293 e. The van der Waals surface area contributed by atoms with Gasteiger partial charge in [-0.1, -0.05) is 20.8 Å². The number of carbonyl (C=O) groups excluding carboxylic acids is 1. The predicted molar refractivity (Wildman–Crippen MR) is 102 cm³/mol. The standard InChI is InChI=1S/C15H24N4O5S.ClH/c1-15(2,3)13(16)14(20)18-8-7-17-11-6-5-10(25(4,23)24)9-12(11)19(21)22;/h5-6,9,13,17H,7-8,16H2,1-4H3,(H,18,20);1H/t13-;/m1./s1. The summed E-state index contributed by atoms with van der Waals surface area (Å²) in [6, 6.07) is 2.96. The highest BCUT2D eigenvalue weighted by atomic mass is 35.5. The van der Waals surface area contributed by atoms with Crippen LogP contribution >= 0.6 is 12.4 Å². The van der Waals surface area contributed by atoms with E-state index < -0.39 is 20.8 Å². The van der Waals surface area contributed by atoms with Gasteiger partial charge in [-0.15, -0.1) is 12.4 Å². The van der Waals surface area contributed by atoms with Crippen LogP contribution in [0.4, 0.5) is 11.4 Å². The Morgan fingerprint density at radius 1 is 1.31 bits per heavy atom. The lowest BCUT2D eigenvalue weighted by atomic mass is 9.87. The first kappa shape index (κ1) is 24.1. The molecule has 0 aliphatic rings. The van der Waals surface area contributed by atoms with Gasteiger partial charge in [-0.25, -0.2) is 8.42 Å². The van der Waals surface area contributed by atoms with Crippen LogP contribution in [0.5, 0.6) is 0 Å². The van der Waals surface area contributed by atoms with Crippen LogP contribution in [0.15, 0.2) is 23.1 Å². The molecule has 148 valence electrons. The topological polar surface area (TPSA) is 144 Å². The molecule has 1 aromatic carbocycles. The van der Waals surface area contributed by atoms with E-state index in [1.165, 1.54) is 12.1 Å². The number of halogens is 1. The van der Waals surface area contributed by atoms with E-state index in [2.05, 4.69) is 10.6 Å². The van der Waals surface area contributed by atoms with Gasteiger partial charge in [0.1, 0.15) is 5.69 Å². The minimum atomic E-state index is -3.54. The van der Waals surface area contributed by atoms with Crippen molar-refractivity contribution in [2.75, 3.05) is 24.7 Å². The zero-order chi connectivity index (χ0) is 19.4. The molecule has 11 heteroatoms. The van der Waals surface area contributed by atoms with Crippen LogP contribution in [0.25, 0.3) is 0 Å². The van der Waals surface area contributed by atoms with Crippen molar-refractivity contribution in [2.24, 2.45) is 11.1 Å². The van der Waals surface area contributed by atoms with Gasteiger partial charge in [0.2, 0.25) is 5.91 Å². The van der Waals surface area contributed by atoms with Crippen molar-refractivity contribution < 1.29 is 18.1 Å². The number of nitrogens with zero attached hydrogens (tertiary/aromatic N) is 1. The highest BCUT2D eigenvalue weighted by Crippen LogP contribution is 2.27. The van der Waals surface area contributed by atoms with Crippen LogP contribution < -0.4 is 16.4 Å². The molecule has 0 unspecified atom stereocenters. The lowest BCUT2D eigenvalue weighted by Gasteiger charge is -2.25. The number of anilines is 1. The third-order valence-electron chi connectivity index (χ3n) is 3.55. The van der Waals surface area contributed by atoms with Crippen LogP contribution in [0.2, 0.25) is 0 Å². The Hall–Kier alpha value is -1.91. The van der Waals surface area contributed by atoms with Crippen molar-refractivity contribution in [1.82, 2.24) is 5.32 Å². The normalized spacial score (nSPS) is 12.7. The first-order valence-corrected chi connectivity index (χ1v) is 9.49. The van der Waals surface area contributed by atoms with Crippen molar-refractivity contribution in [3.8, 4) is 0 Å². The molecule has 0 fully saturated rings. The predicted octanol–water partition coefficient (Wildman–Crippen LogP) is 1.32. The molecule has 1 atom stereocenters. The summed E-state index contributed by atoms with van der Waals surface area (Å²) >= 11 is 0. The number of nitro groups is 1. The molecular formula is C15H25ClN4O5S. The van der Waals surface area contributed by atoms with Gasteiger partial charge < -0.3 is 16.4 Å². The van der Waals surface area contributed by atoms with Crippen LogP contribution in [0.1, 0.15) is 20.8 Å². The summed E-state index contributed by atoms with van der Waals surface area (Å²) in [4.78, 5) is 22.2. The Labute approximate surface area is 159 Å². The van der Waals surface area contributed by atoms with Gasteiger partial charge in [-0.3, -0.25) is 14.9 Å². The summed E-state index contributed by atoms with van der Waals surface area (Å²) in [6.07, 6.45) is 0.979. The molecule has 0 heterocycles. The fraction of sp³-hybridized carbons (Fsp3) is 0.533. The van der Waals surface area contributed by atoms with Crippen molar-refractivity contribution in [3.63, 3.8) is 0 Å². The number of amides is 1. The van der Waals surface area contributed by atoms with Gasteiger partial charge in [0.05, 0.1) is 15.9 Å². The molecule has 0 radical (unpaired) electrons. The van der Waals surface area contributed by atoms with Crippen LogP contribution in [-0.2, 0) is 14.6 Å². The van der Waals surface area contributed by atoms with Crippen molar-refractivity contribution >= 4 is 39.5 Å². The Morgan fingerprint density at radius 2 is 1.88 bits per heavy atom. The third-order valence-corrected chi connectivity index (χ3v) is 4.66. The number of hydrogen-bond acceptors (Lipinski definition) is 7. The molecule has 0 saturated carbocycles. The Bertz CT molecular complexity index is 762. The van der Waals surface area contributed by atoms with E-state index in [9.17, 15) is 23.3 Å². The largest absolute Gasteiger partial charge is 0.378 e. The van der Waals surface area contributed by atoms with Crippen molar-refractivity contribution in [3.05, 3.63) is 28.3 Å².